The molecule has 4 nitrogen and oxygen atoms in total. The van der Waals surface area contributed by atoms with Crippen molar-refractivity contribution >= 4 is 50.0 Å². The van der Waals surface area contributed by atoms with E-state index >= 15 is 0 Å². The predicted octanol–water partition coefficient (Wildman–Crippen LogP) is 5.20. The fraction of sp³-hybridized carbons (Fsp3) is 0.333. The van der Waals surface area contributed by atoms with Crippen molar-refractivity contribution in [2.75, 3.05) is 18.1 Å². The van der Waals surface area contributed by atoms with Crippen LogP contribution in [-0.2, 0) is 9.53 Å². The summed E-state index contributed by atoms with van der Waals surface area (Å²) in [5.74, 6) is -0.0488. The molecule has 1 saturated heterocycles. The zero-order chi connectivity index (χ0) is 18.8. The number of thiophene rings is 1. The molecule has 1 aliphatic rings. The van der Waals surface area contributed by atoms with Gasteiger partial charge in [0.25, 0.3) is 5.91 Å². The highest BCUT2D eigenvalue weighted by Gasteiger charge is 2.25. The first-order valence-corrected chi connectivity index (χ1v) is 10.8. The van der Waals surface area contributed by atoms with E-state index in [-0.39, 0.29) is 12.0 Å². The van der Waals surface area contributed by atoms with Crippen molar-refractivity contribution < 1.29 is 9.53 Å². The monoisotopic (exact) mass is 398 g/mol. The average Bonchev–Trinajstić information content (AvgIpc) is 3.42. The summed E-state index contributed by atoms with van der Waals surface area (Å²) in [6.07, 6.45) is 5.64. The van der Waals surface area contributed by atoms with Crippen LogP contribution in [0.4, 0.5) is 5.13 Å². The van der Waals surface area contributed by atoms with E-state index in [0.29, 0.717) is 6.54 Å². The number of aryl methyl sites for hydroxylation is 2. The molecule has 0 N–H and O–H groups in total. The van der Waals surface area contributed by atoms with Crippen LogP contribution in [0.3, 0.4) is 0 Å². The van der Waals surface area contributed by atoms with Crippen molar-refractivity contribution in [1.82, 2.24) is 4.98 Å². The first kappa shape index (κ1) is 18.3. The van der Waals surface area contributed by atoms with Crippen LogP contribution in [0.1, 0.15) is 28.8 Å². The van der Waals surface area contributed by atoms with Crippen LogP contribution in [0.15, 0.2) is 35.7 Å². The highest BCUT2D eigenvalue weighted by molar-refractivity contribution is 7.22. The minimum absolute atomic E-state index is 0.0488. The molecule has 6 heteroatoms. The maximum atomic E-state index is 13.0. The number of anilines is 1. The molecule has 0 radical (unpaired) electrons. The molecule has 3 aromatic rings. The summed E-state index contributed by atoms with van der Waals surface area (Å²) in [6.45, 7) is 5.50. The van der Waals surface area contributed by atoms with Crippen molar-refractivity contribution in [3.05, 3.63) is 51.7 Å². The molecule has 1 amide bonds. The van der Waals surface area contributed by atoms with E-state index < -0.39 is 0 Å². The number of fused-ring (bicyclic) bond motifs is 1. The Kier molecular flexibility index (Phi) is 5.38. The van der Waals surface area contributed by atoms with Crippen LogP contribution >= 0.6 is 22.7 Å². The molecular formula is C21H22N2O2S2. The van der Waals surface area contributed by atoms with Gasteiger partial charge in [-0.3, -0.25) is 9.69 Å². The van der Waals surface area contributed by atoms with Crippen molar-refractivity contribution in [2.45, 2.75) is 32.8 Å². The van der Waals surface area contributed by atoms with Gasteiger partial charge in [-0.15, -0.1) is 11.3 Å². The minimum Gasteiger partial charge on any atom is -0.376 e. The molecule has 140 valence electrons. The number of aromatic nitrogens is 1. The molecule has 0 spiro atoms. The Hall–Kier alpha value is -2.02. The largest absolute Gasteiger partial charge is 0.376 e. The van der Waals surface area contributed by atoms with Gasteiger partial charge in [-0.2, -0.15) is 0 Å². The smallest absolute Gasteiger partial charge is 0.252 e. The van der Waals surface area contributed by atoms with E-state index in [0.717, 1.165) is 39.7 Å². The molecule has 3 heterocycles. The molecule has 1 atom stereocenters. The summed E-state index contributed by atoms with van der Waals surface area (Å²) >= 11 is 3.19. The second-order valence-corrected chi connectivity index (χ2v) is 8.77. The number of hydrogen-bond donors (Lipinski definition) is 0. The summed E-state index contributed by atoms with van der Waals surface area (Å²) in [5.41, 5.74) is 3.38. The van der Waals surface area contributed by atoms with E-state index in [9.17, 15) is 4.79 Å². The number of amides is 1. The van der Waals surface area contributed by atoms with Crippen LogP contribution in [0.5, 0.6) is 0 Å². The van der Waals surface area contributed by atoms with E-state index in [4.69, 9.17) is 9.72 Å². The summed E-state index contributed by atoms with van der Waals surface area (Å²) in [7, 11) is 0. The van der Waals surface area contributed by atoms with Crippen LogP contribution in [0.2, 0.25) is 0 Å². The second kappa shape index (κ2) is 7.92. The molecule has 0 bridgehead atoms. The Morgan fingerprint density at radius 2 is 2.26 bits per heavy atom. The van der Waals surface area contributed by atoms with Crippen molar-refractivity contribution in [2.24, 2.45) is 0 Å². The van der Waals surface area contributed by atoms with Crippen molar-refractivity contribution in [3.63, 3.8) is 0 Å². The molecule has 1 unspecified atom stereocenters. The normalized spacial score (nSPS) is 17.2. The molecular weight excluding hydrogens is 376 g/mol. The maximum Gasteiger partial charge on any atom is 0.252 e. The summed E-state index contributed by atoms with van der Waals surface area (Å²) in [4.78, 5) is 20.7. The predicted molar refractivity (Wildman–Crippen MR) is 114 cm³/mol. The molecule has 1 aliphatic heterocycles. The topological polar surface area (TPSA) is 42.4 Å². The number of carbonyl (C=O) groups excluding carboxylic acids is 1. The van der Waals surface area contributed by atoms with E-state index in [1.807, 2.05) is 23.6 Å². The lowest BCUT2D eigenvalue weighted by molar-refractivity contribution is -0.114. The van der Waals surface area contributed by atoms with Gasteiger partial charge >= 0.3 is 0 Å². The number of benzene rings is 1. The van der Waals surface area contributed by atoms with Gasteiger partial charge in [0.1, 0.15) is 0 Å². The van der Waals surface area contributed by atoms with Gasteiger partial charge in [0.2, 0.25) is 0 Å². The third-order valence-electron chi connectivity index (χ3n) is 4.91. The number of rotatable bonds is 5. The van der Waals surface area contributed by atoms with Gasteiger partial charge in [0, 0.05) is 17.6 Å². The van der Waals surface area contributed by atoms with Crippen LogP contribution < -0.4 is 4.90 Å². The summed E-state index contributed by atoms with van der Waals surface area (Å²) in [6, 6.07) is 8.19. The third-order valence-corrected chi connectivity index (χ3v) is 6.80. The summed E-state index contributed by atoms with van der Waals surface area (Å²) < 4.78 is 6.89. The van der Waals surface area contributed by atoms with Gasteiger partial charge in [-0.1, -0.05) is 23.5 Å². The van der Waals surface area contributed by atoms with E-state index in [1.54, 1.807) is 33.6 Å². The highest BCUT2D eigenvalue weighted by Crippen LogP contribution is 2.33. The van der Waals surface area contributed by atoms with Gasteiger partial charge in [-0.05, 0) is 61.4 Å². The first-order valence-electron chi connectivity index (χ1n) is 9.13. The molecule has 1 aromatic carbocycles. The van der Waals surface area contributed by atoms with E-state index in [2.05, 4.69) is 26.0 Å². The van der Waals surface area contributed by atoms with Crippen molar-refractivity contribution in [3.8, 4) is 0 Å². The first-order chi connectivity index (χ1) is 13.1. The van der Waals surface area contributed by atoms with Crippen LogP contribution in [-0.4, -0.2) is 30.1 Å². The molecule has 4 rings (SSSR count). The molecule has 1 fully saturated rings. The lowest BCUT2D eigenvalue weighted by Crippen LogP contribution is -2.36. The lowest BCUT2D eigenvalue weighted by Gasteiger charge is -2.21. The Balaban J connectivity index is 1.66. The van der Waals surface area contributed by atoms with Crippen LogP contribution in [0.25, 0.3) is 16.3 Å². The Morgan fingerprint density at radius 3 is 3.00 bits per heavy atom. The summed E-state index contributed by atoms with van der Waals surface area (Å²) in [5, 5.41) is 2.75. The SMILES string of the molecule is Cc1ccc2sc(N(CC3CCCO3)C(=O)/C=C/c3cccs3)nc2c1C. The highest BCUT2D eigenvalue weighted by atomic mass is 32.1. The number of ether oxygens (including phenoxy) is 1. The third kappa shape index (κ3) is 3.98. The Labute approximate surface area is 167 Å². The minimum atomic E-state index is -0.0488. The molecule has 0 saturated carbocycles. The number of nitrogens with zero attached hydrogens (tertiary/aromatic N) is 2. The maximum absolute atomic E-state index is 13.0. The standard InChI is InChI=1S/C21H22N2O2S2/c1-14-7-9-18-20(15(14)2)22-21(27-18)23(13-16-5-3-11-25-16)19(24)10-8-17-6-4-12-26-17/h4,6-10,12,16H,3,5,11,13H2,1-2H3/b10-8+. The fourth-order valence-corrected chi connectivity index (χ4v) is 4.87. The molecule has 27 heavy (non-hydrogen) atoms. The molecule has 2 aromatic heterocycles. The van der Waals surface area contributed by atoms with Gasteiger partial charge < -0.3 is 4.74 Å². The number of hydrogen-bond acceptors (Lipinski definition) is 5. The quantitative estimate of drug-likeness (QED) is 0.555. The average molecular weight is 399 g/mol. The van der Waals surface area contributed by atoms with Gasteiger partial charge in [0.15, 0.2) is 5.13 Å². The fourth-order valence-electron chi connectivity index (χ4n) is 3.21. The Morgan fingerprint density at radius 1 is 1.37 bits per heavy atom. The van der Waals surface area contributed by atoms with Crippen molar-refractivity contribution in [1.29, 1.82) is 0 Å². The zero-order valence-corrected chi connectivity index (χ0v) is 17.1. The Bertz CT molecular complexity index is 970. The molecule has 0 aliphatic carbocycles. The van der Waals surface area contributed by atoms with Gasteiger partial charge in [-0.25, -0.2) is 4.98 Å². The number of carbonyl (C=O) groups is 1. The second-order valence-electron chi connectivity index (χ2n) is 6.78. The van der Waals surface area contributed by atoms with Crippen LogP contribution in [0, 0.1) is 13.8 Å². The van der Waals surface area contributed by atoms with Gasteiger partial charge in [0.05, 0.1) is 22.9 Å². The zero-order valence-electron chi connectivity index (χ0n) is 15.5. The van der Waals surface area contributed by atoms with E-state index in [1.165, 1.54) is 11.1 Å². The lowest BCUT2D eigenvalue weighted by atomic mass is 10.1. The number of thiazole rings is 1.